The molecule has 0 radical (unpaired) electrons. The summed E-state index contributed by atoms with van der Waals surface area (Å²) in [5.41, 5.74) is 2.90. The van der Waals surface area contributed by atoms with Crippen LogP contribution in [-0.2, 0) is 22.5 Å². The zero-order valence-electron chi connectivity index (χ0n) is 22.5. The van der Waals surface area contributed by atoms with Gasteiger partial charge in [0, 0.05) is 35.8 Å². The van der Waals surface area contributed by atoms with Crippen molar-refractivity contribution in [1.82, 2.24) is 14.9 Å². The Labute approximate surface area is 233 Å². The highest BCUT2D eigenvalue weighted by atomic mass is 35.5. The summed E-state index contributed by atoms with van der Waals surface area (Å²) in [5, 5.41) is 2.96. The summed E-state index contributed by atoms with van der Waals surface area (Å²) >= 11 is 6.68. The van der Waals surface area contributed by atoms with Crippen molar-refractivity contribution in [1.29, 1.82) is 0 Å². The molecule has 0 amide bonds. The number of aromatic nitrogens is 2. The lowest BCUT2D eigenvalue weighted by molar-refractivity contribution is -0.206. The van der Waals surface area contributed by atoms with E-state index >= 15 is 0 Å². The first-order valence-electron chi connectivity index (χ1n) is 14.0. The first kappa shape index (κ1) is 24.9. The van der Waals surface area contributed by atoms with Crippen LogP contribution in [0.2, 0.25) is 5.02 Å². The summed E-state index contributed by atoms with van der Waals surface area (Å²) in [6.45, 7) is 6.60. The van der Waals surface area contributed by atoms with Crippen molar-refractivity contribution in [3.05, 3.63) is 52.7 Å². The number of carbonyl (C=O) groups is 1. The molecule has 0 bridgehead atoms. The summed E-state index contributed by atoms with van der Waals surface area (Å²) in [5.74, 6) is 0.848. The first-order valence-corrected chi connectivity index (χ1v) is 14.4. The number of ether oxygens (including phenoxy) is 2. The maximum atomic E-state index is 12.1. The summed E-state index contributed by atoms with van der Waals surface area (Å²) < 4.78 is 11.8. The number of anilines is 2. The number of likely N-dealkylation sites (tertiary alicyclic amines) is 1. The lowest BCUT2D eigenvalue weighted by Gasteiger charge is -2.51. The van der Waals surface area contributed by atoms with E-state index in [1.807, 2.05) is 19.1 Å². The van der Waals surface area contributed by atoms with E-state index < -0.39 is 0 Å². The monoisotopic (exact) mass is 547 g/mol. The third-order valence-corrected chi connectivity index (χ3v) is 9.60. The largest absolute Gasteiger partial charge is 0.462 e. The van der Waals surface area contributed by atoms with Crippen molar-refractivity contribution in [3.63, 3.8) is 0 Å². The van der Waals surface area contributed by atoms with Gasteiger partial charge in [0.2, 0.25) is 0 Å². The Morgan fingerprint density at radius 1 is 1.13 bits per heavy atom. The van der Waals surface area contributed by atoms with Crippen LogP contribution in [0.25, 0.3) is 10.8 Å². The number of nitrogens with zero attached hydrogens (tertiary/aromatic N) is 5. The van der Waals surface area contributed by atoms with E-state index in [1.165, 1.54) is 6.42 Å². The number of likely N-dealkylation sites (N-methyl/N-ethyl adjacent to an activating group) is 1. The van der Waals surface area contributed by atoms with Crippen LogP contribution < -0.4 is 14.5 Å². The molecular weight excluding hydrogens is 514 g/mol. The van der Waals surface area contributed by atoms with Gasteiger partial charge in [0.25, 0.3) is 0 Å². The molecule has 0 aliphatic carbocycles. The second-order valence-corrected chi connectivity index (χ2v) is 12.0. The fourth-order valence-electron chi connectivity index (χ4n) is 6.64. The number of hydrogen-bond donors (Lipinski definition) is 0. The standard InChI is InChI=1S/C30H34ClN5O3/c1-30-12-15-36(17-25(30)39-28(30)37)27-21-11-14-35(24-10-4-7-19-6-3-9-22(31)26(19)24)16-23(21)32-29(33-27)38-18-20-8-5-13-34(20)2/h3-4,6-7,9-10,20,25H,5,8,11-18H2,1-2H3. The molecule has 3 fully saturated rings. The second-order valence-electron chi connectivity index (χ2n) is 11.6. The van der Waals surface area contributed by atoms with Crippen molar-refractivity contribution in [3.8, 4) is 6.01 Å². The molecule has 7 rings (SSSR count). The van der Waals surface area contributed by atoms with E-state index in [0.717, 1.165) is 77.5 Å². The van der Waals surface area contributed by atoms with E-state index in [2.05, 4.69) is 46.0 Å². The van der Waals surface area contributed by atoms with Crippen LogP contribution >= 0.6 is 11.6 Å². The highest BCUT2D eigenvalue weighted by Gasteiger charge is 2.57. The Hall–Kier alpha value is -3.10. The third-order valence-electron chi connectivity index (χ3n) is 9.28. The maximum Gasteiger partial charge on any atom is 0.318 e. The van der Waals surface area contributed by atoms with Gasteiger partial charge in [-0.05, 0) is 63.7 Å². The molecule has 3 saturated heterocycles. The lowest BCUT2D eigenvalue weighted by Crippen LogP contribution is -2.63. The van der Waals surface area contributed by atoms with Crippen molar-refractivity contribution in [2.24, 2.45) is 5.41 Å². The normalized spacial score (nSPS) is 26.7. The molecule has 8 nitrogen and oxygen atoms in total. The summed E-state index contributed by atoms with van der Waals surface area (Å²) in [7, 11) is 2.15. The Kier molecular flexibility index (Phi) is 6.08. The zero-order chi connectivity index (χ0) is 26.7. The maximum absolute atomic E-state index is 12.1. The molecule has 4 aliphatic heterocycles. The average Bonchev–Trinajstić information content (AvgIpc) is 3.36. The van der Waals surface area contributed by atoms with Gasteiger partial charge in [0.05, 0.1) is 23.8 Å². The second kappa shape index (κ2) is 9.52. The molecule has 0 spiro atoms. The van der Waals surface area contributed by atoms with Crippen LogP contribution in [0.15, 0.2) is 36.4 Å². The summed E-state index contributed by atoms with van der Waals surface area (Å²) in [6.07, 6.45) is 3.80. The number of piperidine rings is 1. The van der Waals surface area contributed by atoms with Gasteiger partial charge in [-0.2, -0.15) is 9.97 Å². The Balaban J connectivity index is 1.22. The number of esters is 1. The van der Waals surface area contributed by atoms with Crippen molar-refractivity contribution < 1.29 is 14.3 Å². The minimum Gasteiger partial charge on any atom is -0.462 e. The molecule has 204 valence electrons. The van der Waals surface area contributed by atoms with E-state index in [-0.39, 0.29) is 17.5 Å². The molecule has 0 N–H and O–H groups in total. The minimum absolute atomic E-state index is 0.0778. The molecule has 4 aliphatic rings. The number of carbonyl (C=O) groups excluding carboxylic acids is 1. The average molecular weight is 548 g/mol. The molecule has 1 aromatic heterocycles. The van der Waals surface area contributed by atoms with Crippen molar-refractivity contribution in [2.45, 2.75) is 51.3 Å². The van der Waals surface area contributed by atoms with Crippen LogP contribution in [-0.4, -0.2) is 72.8 Å². The van der Waals surface area contributed by atoms with Gasteiger partial charge < -0.3 is 24.2 Å². The van der Waals surface area contributed by atoms with Gasteiger partial charge in [-0.25, -0.2) is 0 Å². The molecule has 9 heteroatoms. The molecule has 39 heavy (non-hydrogen) atoms. The predicted octanol–water partition coefficient (Wildman–Crippen LogP) is 4.46. The predicted molar refractivity (Wildman–Crippen MR) is 152 cm³/mol. The first-order chi connectivity index (χ1) is 18.9. The summed E-state index contributed by atoms with van der Waals surface area (Å²) in [6, 6.07) is 13.2. The van der Waals surface area contributed by atoms with Gasteiger partial charge in [-0.1, -0.05) is 35.9 Å². The van der Waals surface area contributed by atoms with Gasteiger partial charge in [-0.15, -0.1) is 0 Å². The van der Waals surface area contributed by atoms with Crippen molar-refractivity contribution >= 4 is 39.8 Å². The zero-order valence-corrected chi connectivity index (χ0v) is 23.3. The van der Waals surface area contributed by atoms with E-state index in [4.69, 9.17) is 31.0 Å². The van der Waals surface area contributed by atoms with E-state index in [0.29, 0.717) is 31.7 Å². The lowest BCUT2D eigenvalue weighted by atomic mass is 9.73. The fourth-order valence-corrected chi connectivity index (χ4v) is 6.92. The van der Waals surface area contributed by atoms with E-state index in [9.17, 15) is 4.79 Å². The van der Waals surface area contributed by atoms with Gasteiger partial charge in [0.1, 0.15) is 23.9 Å². The molecule has 3 atom stereocenters. The highest BCUT2D eigenvalue weighted by Crippen LogP contribution is 2.45. The van der Waals surface area contributed by atoms with Crippen LogP contribution in [0.3, 0.4) is 0 Å². The summed E-state index contributed by atoms with van der Waals surface area (Å²) in [4.78, 5) is 29.1. The molecule has 5 heterocycles. The molecule has 2 aromatic carbocycles. The topological polar surface area (TPSA) is 71.0 Å². The van der Waals surface area contributed by atoms with Gasteiger partial charge >= 0.3 is 12.0 Å². The Bertz CT molecular complexity index is 1440. The smallest absolute Gasteiger partial charge is 0.318 e. The molecule has 0 saturated carbocycles. The van der Waals surface area contributed by atoms with E-state index in [1.54, 1.807) is 0 Å². The van der Waals surface area contributed by atoms with Crippen molar-refractivity contribution in [2.75, 3.05) is 49.6 Å². The minimum atomic E-state index is -0.375. The Morgan fingerprint density at radius 2 is 1.97 bits per heavy atom. The SMILES string of the molecule is CN1CCCC1COc1nc2c(c(N3CCC4(C)C(=O)OC4C3)n1)CCN(c1cccc3cccc(Cl)c13)C2. The third kappa shape index (κ3) is 4.19. The Morgan fingerprint density at radius 3 is 2.74 bits per heavy atom. The molecular formula is C30H34ClN5O3. The number of rotatable bonds is 5. The quantitative estimate of drug-likeness (QED) is 0.434. The van der Waals surface area contributed by atoms with Crippen LogP contribution in [0.4, 0.5) is 11.5 Å². The van der Waals surface area contributed by atoms with Gasteiger partial charge in [-0.3, -0.25) is 4.79 Å². The fraction of sp³-hybridized carbons (Fsp3) is 0.500. The van der Waals surface area contributed by atoms with Crippen LogP contribution in [0, 0.1) is 5.41 Å². The van der Waals surface area contributed by atoms with Crippen LogP contribution in [0.1, 0.15) is 37.4 Å². The molecule has 3 unspecified atom stereocenters. The van der Waals surface area contributed by atoms with Crippen LogP contribution in [0.5, 0.6) is 6.01 Å². The number of fused-ring (bicyclic) bond motifs is 3. The van der Waals surface area contributed by atoms with Gasteiger partial charge in [0.15, 0.2) is 0 Å². The molecule has 3 aromatic rings. The highest BCUT2D eigenvalue weighted by molar-refractivity contribution is 6.36. The number of hydrogen-bond acceptors (Lipinski definition) is 8. The number of halogens is 1. The number of benzene rings is 2.